The predicted octanol–water partition coefficient (Wildman–Crippen LogP) is 6.85. The molecule has 0 fully saturated rings. The highest BCUT2D eigenvalue weighted by Gasteiger charge is 2.40. The first-order valence-electron chi connectivity index (χ1n) is 14.8. The molecule has 5 N–H and O–H groups in total. The molecule has 0 saturated carbocycles. The van der Waals surface area contributed by atoms with Crippen molar-refractivity contribution in [1.82, 2.24) is 10.6 Å². The fourth-order valence-corrected chi connectivity index (χ4v) is 6.13. The van der Waals surface area contributed by atoms with Crippen LogP contribution in [0.15, 0.2) is 60.7 Å². The average molecular weight is 640 g/mol. The third-order valence-electron chi connectivity index (χ3n) is 8.13. The van der Waals surface area contributed by atoms with Crippen LogP contribution in [-0.4, -0.2) is 42.9 Å². The molecule has 2 amide bonds. The SMILES string of the molecule is CC(C)(Cc1cccc(CC(=O)NCc2ccc(O)cc2Cl)c1)NC[C@@H](O[Si](C)(C)C(C)(C)C)c1ccc(O)c(NC=O)c1. The Kier molecular flexibility index (Phi) is 11.7. The van der Waals surface area contributed by atoms with Gasteiger partial charge in [0.05, 0.1) is 18.2 Å². The van der Waals surface area contributed by atoms with Gasteiger partial charge in [-0.3, -0.25) is 9.59 Å². The topological polar surface area (TPSA) is 120 Å². The summed E-state index contributed by atoms with van der Waals surface area (Å²) in [5, 5.41) is 29.3. The van der Waals surface area contributed by atoms with Crippen LogP contribution in [0.3, 0.4) is 0 Å². The highest BCUT2D eigenvalue weighted by atomic mass is 35.5. The molecule has 10 heteroatoms. The maximum Gasteiger partial charge on any atom is 0.224 e. The molecule has 3 rings (SSSR count). The van der Waals surface area contributed by atoms with Crippen molar-refractivity contribution < 1.29 is 24.2 Å². The second-order valence-electron chi connectivity index (χ2n) is 13.4. The molecule has 0 aromatic heterocycles. The van der Waals surface area contributed by atoms with Gasteiger partial charge < -0.3 is 30.6 Å². The molecular weight excluding hydrogens is 594 g/mol. The normalized spacial score (nSPS) is 12.9. The Morgan fingerprint density at radius 1 is 1.00 bits per heavy atom. The van der Waals surface area contributed by atoms with Crippen molar-refractivity contribution in [1.29, 1.82) is 0 Å². The van der Waals surface area contributed by atoms with Gasteiger partial charge >= 0.3 is 0 Å². The van der Waals surface area contributed by atoms with E-state index in [0.717, 1.165) is 22.3 Å². The van der Waals surface area contributed by atoms with E-state index < -0.39 is 8.32 Å². The zero-order valence-electron chi connectivity index (χ0n) is 26.8. The molecule has 0 unspecified atom stereocenters. The van der Waals surface area contributed by atoms with Crippen LogP contribution in [0, 0.1) is 0 Å². The molecule has 3 aromatic carbocycles. The van der Waals surface area contributed by atoms with Crippen molar-refractivity contribution >= 4 is 37.9 Å². The number of phenols is 2. The molecule has 0 aliphatic rings. The quantitative estimate of drug-likeness (QED) is 0.0747. The molecule has 0 spiro atoms. The summed E-state index contributed by atoms with van der Waals surface area (Å²) in [5.74, 6) is -0.0381. The summed E-state index contributed by atoms with van der Waals surface area (Å²) in [5.41, 5.74) is 3.63. The Bertz CT molecular complexity index is 1460. The number of carbonyl (C=O) groups excluding carboxylic acids is 2. The summed E-state index contributed by atoms with van der Waals surface area (Å²) in [7, 11) is -2.18. The van der Waals surface area contributed by atoms with Gasteiger partial charge in [0.2, 0.25) is 12.3 Å². The van der Waals surface area contributed by atoms with Gasteiger partial charge in [0.25, 0.3) is 0 Å². The van der Waals surface area contributed by atoms with Crippen LogP contribution in [-0.2, 0) is 33.4 Å². The van der Waals surface area contributed by atoms with E-state index in [1.54, 1.807) is 24.3 Å². The molecule has 238 valence electrons. The fraction of sp³-hybridized carbons (Fsp3) is 0.412. The molecule has 0 aliphatic heterocycles. The van der Waals surface area contributed by atoms with Crippen LogP contribution in [0.1, 0.15) is 63.0 Å². The molecule has 44 heavy (non-hydrogen) atoms. The third kappa shape index (κ3) is 10.1. The van der Waals surface area contributed by atoms with Crippen molar-refractivity contribution in [2.24, 2.45) is 0 Å². The van der Waals surface area contributed by atoms with Gasteiger partial charge in [-0.15, -0.1) is 0 Å². The number of phenolic OH excluding ortho intramolecular Hbond substituents is 2. The van der Waals surface area contributed by atoms with Crippen LogP contribution >= 0.6 is 11.6 Å². The number of rotatable bonds is 14. The zero-order valence-corrected chi connectivity index (χ0v) is 28.5. The maximum atomic E-state index is 12.7. The van der Waals surface area contributed by atoms with E-state index in [-0.39, 0.29) is 47.1 Å². The lowest BCUT2D eigenvalue weighted by Crippen LogP contribution is -2.47. The van der Waals surface area contributed by atoms with Crippen molar-refractivity contribution in [3.05, 3.63) is 87.9 Å². The van der Waals surface area contributed by atoms with Gasteiger partial charge in [-0.2, -0.15) is 0 Å². The molecule has 8 nitrogen and oxygen atoms in total. The lowest BCUT2D eigenvalue weighted by Gasteiger charge is -2.40. The Labute approximate surface area is 267 Å². The molecule has 0 bridgehead atoms. The zero-order chi connectivity index (χ0) is 32.7. The van der Waals surface area contributed by atoms with Crippen molar-refractivity contribution in [3.63, 3.8) is 0 Å². The number of halogens is 1. The number of benzene rings is 3. The Hall–Kier alpha value is -3.37. The fourth-order valence-electron chi connectivity index (χ4n) is 4.61. The number of aromatic hydroxyl groups is 2. The van der Waals surface area contributed by atoms with Gasteiger partial charge in [-0.1, -0.05) is 68.8 Å². The monoisotopic (exact) mass is 639 g/mol. The van der Waals surface area contributed by atoms with Gasteiger partial charge in [0.15, 0.2) is 8.32 Å². The molecule has 0 aliphatic carbocycles. The third-order valence-corrected chi connectivity index (χ3v) is 13.0. The van der Waals surface area contributed by atoms with Crippen molar-refractivity contribution in [3.8, 4) is 11.5 Å². The smallest absolute Gasteiger partial charge is 0.224 e. The lowest BCUT2D eigenvalue weighted by atomic mass is 9.93. The number of hydrogen-bond donors (Lipinski definition) is 5. The first-order chi connectivity index (χ1) is 20.5. The maximum absolute atomic E-state index is 12.7. The minimum atomic E-state index is -2.18. The first-order valence-corrected chi connectivity index (χ1v) is 18.1. The van der Waals surface area contributed by atoms with Crippen LogP contribution < -0.4 is 16.0 Å². The summed E-state index contributed by atoms with van der Waals surface area (Å²) < 4.78 is 6.85. The van der Waals surface area contributed by atoms with E-state index in [0.29, 0.717) is 30.1 Å². The molecule has 0 radical (unpaired) electrons. The largest absolute Gasteiger partial charge is 0.508 e. The standard InChI is InChI=1S/C34H46ClN3O5Si/c1-33(2,3)44(6,7)43-31(25-12-14-30(41)29(17-25)37-22-39)21-38-34(4,5)19-24-10-8-9-23(15-24)16-32(42)36-20-26-11-13-27(40)18-28(26)35/h8-15,17-18,22,31,38,40-41H,16,19-21H2,1-7H3,(H,36,42)(H,37,39)/t31-/m1/s1. The number of anilines is 1. The lowest BCUT2D eigenvalue weighted by molar-refractivity contribution is -0.120. The van der Waals surface area contributed by atoms with Gasteiger partial charge in [0.1, 0.15) is 11.5 Å². The molecule has 0 saturated heterocycles. The molecule has 0 heterocycles. The second-order valence-corrected chi connectivity index (χ2v) is 18.6. The summed E-state index contributed by atoms with van der Waals surface area (Å²) in [6, 6.07) is 17.9. The van der Waals surface area contributed by atoms with Crippen LogP contribution in [0.2, 0.25) is 23.2 Å². The highest BCUT2D eigenvalue weighted by Crippen LogP contribution is 2.40. The predicted molar refractivity (Wildman–Crippen MR) is 180 cm³/mol. The number of nitrogens with one attached hydrogen (secondary N) is 3. The number of amides is 2. The summed E-state index contributed by atoms with van der Waals surface area (Å²) in [6.07, 6.45) is 1.19. The van der Waals surface area contributed by atoms with Gasteiger partial charge in [-0.05, 0) is 84.9 Å². The van der Waals surface area contributed by atoms with Crippen molar-refractivity contribution in [2.45, 2.75) is 83.8 Å². The van der Waals surface area contributed by atoms with Crippen LogP contribution in [0.4, 0.5) is 5.69 Å². The Morgan fingerprint density at radius 3 is 2.36 bits per heavy atom. The minimum Gasteiger partial charge on any atom is -0.508 e. The van der Waals surface area contributed by atoms with Crippen LogP contribution in [0.25, 0.3) is 0 Å². The summed E-state index contributed by atoms with van der Waals surface area (Å²) >= 11 is 6.16. The number of hydrogen-bond acceptors (Lipinski definition) is 6. The number of carbonyl (C=O) groups is 2. The molecule has 3 aromatic rings. The van der Waals surface area contributed by atoms with E-state index in [9.17, 15) is 19.8 Å². The van der Waals surface area contributed by atoms with Crippen LogP contribution in [0.5, 0.6) is 11.5 Å². The molecule has 1 atom stereocenters. The van der Waals surface area contributed by atoms with E-state index in [2.05, 4.69) is 75.8 Å². The van der Waals surface area contributed by atoms with E-state index in [1.807, 2.05) is 18.2 Å². The Balaban J connectivity index is 1.69. The van der Waals surface area contributed by atoms with E-state index >= 15 is 0 Å². The van der Waals surface area contributed by atoms with Gasteiger partial charge in [0, 0.05) is 23.7 Å². The highest BCUT2D eigenvalue weighted by molar-refractivity contribution is 6.74. The van der Waals surface area contributed by atoms with E-state index in [1.165, 1.54) is 6.07 Å². The minimum absolute atomic E-state index is 0.00192. The summed E-state index contributed by atoms with van der Waals surface area (Å²) in [6.45, 7) is 16.1. The van der Waals surface area contributed by atoms with Crippen molar-refractivity contribution in [2.75, 3.05) is 11.9 Å². The first kappa shape index (κ1) is 35.1. The van der Waals surface area contributed by atoms with Gasteiger partial charge in [-0.25, -0.2) is 0 Å². The Morgan fingerprint density at radius 2 is 1.70 bits per heavy atom. The van der Waals surface area contributed by atoms with E-state index in [4.69, 9.17) is 16.0 Å². The second kappa shape index (κ2) is 14.6. The summed E-state index contributed by atoms with van der Waals surface area (Å²) in [4.78, 5) is 23.8. The average Bonchev–Trinajstić information content (AvgIpc) is 2.91. The molecular formula is C34H46ClN3O5Si.